The highest BCUT2D eigenvalue weighted by Crippen LogP contribution is 2.29. The third-order valence-electron chi connectivity index (χ3n) is 4.72. The molecule has 2 N–H and O–H groups in total. The molecule has 26 heavy (non-hydrogen) atoms. The van der Waals surface area contributed by atoms with Crippen molar-refractivity contribution in [3.63, 3.8) is 0 Å². The molecule has 2 aromatic heterocycles. The van der Waals surface area contributed by atoms with Crippen molar-refractivity contribution in [3.8, 4) is 6.07 Å². The average Bonchev–Trinajstić information content (AvgIpc) is 3.17. The number of hydrogen-bond donors (Lipinski definition) is 2. The third-order valence-corrected chi connectivity index (χ3v) is 4.72. The van der Waals surface area contributed by atoms with Crippen LogP contribution in [0.25, 0.3) is 10.9 Å². The SMILES string of the molecule is CC(CC#N)n1nc(Nc2ccc3c(c2)CCC3=O)c2c(=O)[nH]ccc21. The maximum atomic E-state index is 12.4. The summed E-state index contributed by atoms with van der Waals surface area (Å²) < 4.78 is 1.70. The Balaban J connectivity index is 1.79. The number of H-pyrrole nitrogens is 1. The molecule has 0 saturated heterocycles. The smallest absolute Gasteiger partial charge is 0.261 e. The lowest BCUT2D eigenvalue weighted by Gasteiger charge is -2.09. The summed E-state index contributed by atoms with van der Waals surface area (Å²) in [5, 5.41) is 17.2. The van der Waals surface area contributed by atoms with E-state index in [2.05, 4.69) is 21.5 Å². The Morgan fingerprint density at radius 1 is 1.35 bits per heavy atom. The van der Waals surface area contributed by atoms with Crippen molar-refractivity contribution in [1.82, 2.24) is 14.8 Å². The maximum absolute atomic E-state index is 12.4. The number of fused-ring (bicyclic) bond motifs is 2. The Morgan fingerprint density at radius 2 is 2.19 bits per heavy atom. The van der Waals surface area contributed by atoms with E-state index in [1.165, 1.54) is 0 Å². The van der Waals surface area contributed by atoms with Crippen LogP contribution in [0.5, 0.6) is 0 Å². The molecule has 0 fully saturated rings. The van der Waals surface area contributed by atoms with Gasteiger partial charge in [-0.15, -0.1) is 0 Å². The van der Waals surface area contributed by atoms with Gasteiger partial charge in [0.15, 0.2) is 11.6 Å². The van der Waals surface area contributed by atoms with Crippen LogP contribution >= 0.6 is 0 Å². The van der Waals surface area contributed by atoms with Gasteiger partial charge >= 0.3 is 0 Å². The second-order valence-electron chi connectivity index (χ2n) is 6.49. The van der Waals surface area contributed by atoms with Crippen molar-refractivity contribution in [3.05, 3.63) is 51.9 Å². The van der Waals surface area contributed by atoms with E-state index in [0.29, 0.717) is 29.6 Å². The van der Waals surface area contributed by atoms with E-state index in [9.17, 15) is 9.59 Å². The van der Waals surface area contributed by atoms with Crippen LogP contribution in [0, 0.1) is 11.3 Å². The zero-order chi connectivity index (χ0) is 18.3. The summed E-state index contributed by atoms with van der Waals surface area (Å²) in [5.74, 6) is 0.610. The quantitative estimate of drug-likeness (QED) is 0.755. The van der Waals surface area contributed by atoms with Crippen LogP contribution in [0.1, 0.15) is 41.7 Å². The van der Waals surface area contributed by atoms with E-state index < -0.39 is 0 Å². The van der Waals surface area contributed by atoms with Gasteiger partial charge in [0.2, 0.25) is 0 Å². The number of ketones is 1. The fraction of sp³-hybridized carbons (Fsp3) is 0.263. The molecular formula is C19H17N5O2. The number of hydrogen-bond acceptors (Lipinski definition) is 5. The van der Waals surface area contributed by atoms with Gasteiger partial charge in [0.25, 0.3) is 5.56 Å². The normalized spacial score (nSPS) is 14.2. The number of pyridine rings is 1. The minimum absolute atomic E-state index is 0.155. The molecule has 0 amide bonds. The summed E-state index contributed by atoms with van der Waals surface area (Å²) in [7, 11) is 0. The number of aromatic nitrogens is 3. The number of aryl methyl sites for hydroxylation is 1. The van der Waals surface area contributed by atoms with Gasteiger partial charge in [-0.25, -0.2) is 0 Å². The second kappa shape index (κ2) is 6.15. The topological polar surface area (TPSA) is 104 Å². The van der Waals surface area contributed by atoms with Gasteiger partial charge in [0.1, 0.15) is 5.39 Å². The van der Waals surface area contributed by atoms with Gasteiger partial charge < -0.3 is 10.3 Å². The zero-order valence-electron chi connectivity index (χ0n) is 14.2. The molecule has 0 bridgehead atoms. The van der Waals surface area contributed by atoms with E-state index >= 15 is 0 Å². The van der Waals surface area contributed by atoms with Gasteiger partial charge in [0, 0.05) is 23.9 Å². The van der Waals surface area contributed by atoms with E-state index in [4.69, 9.17) is 5.26 Å². The highest BCUT2D eigenvalue weighted by molar-refractivity contribution is 6.01. The molecule has 1 atom stereocenters. The third kappa shape index (κ3) is 2.56. The molecule has 4 rings (SSSR count). The van der Waals surface area contributed by atoms with Crippen molar-refractivity contribution < 1.29 is 4.79 Å². The van der Waals surface area contributed by atoms with Gasteiger partial charge in [0.05, 0.1) is 24.0 Å². The van der Waals surface area contributed by atoms with Gasteiger partial charge in [-0.3, -0.25) is 14.3 Å². The summed E-state index contributed by atoms with van der Waals surface area (Å²) in [6, 6.07) is 9.33. The number of nitrogens with one attached hydrogen (secondary N) is 2. The summed E-state index contributed by atoms with van der Waals surface area (Å²) >= 11 is 0. The maximum Gasteiger partial charge on any atom is 0.261 e. The Kier molecular flexibility index (Phi) is 3.81. The van der Waals surface area contributed by atoms with E-state index in [1.54, 1.807) is 16.9 Å². The van der Waals surface area contributed by atoms with Crippen LogP contribution < -0.4 is 10.9 Å². The van der Waals surface area contributed by atoms with Crippen LogP contribution in [-0.4, -0.2) is 20.5 Å². The van der Waals surface area contributed by atoms with Crippen molar-refractivity contribution in [1.29, 1.82) is 5.26 Å². The minimum atomic E-state index is -0.239. The second-order valence-corrected chi connectivity index (χ2v) is 6.49. The van der Waals surface area contributed by atoms with Crippen molar-refractivity contribution >= 4 is 28.2 Å². The molecule has 3 aromatic rings. The first-order valence-corrected chi connectivity index (χ1v) is 8.48. The Labute approximate surface area is 149 Å². The van der Waals surface area contributed by atoms with E-state index in [0.717, 1.165) is 23.2 Å². The number of aromatic amines is 1. The lowest BCUT2D eigenvalue weighted by atomic mass is 10.1. The zero-order valence-corrected chi connectivity index (χ0v) is 14.2. The van der Waals surface area contributed by atoms with E-state index in [1.807, 2.05) is 25.1 Å². The monoisotopic (exact) mass is 347 g/mol. The molecule has 1 aliphatic rings. The number of benzene rings is 1. The number of Topliss-reactive ketones (excluding diaryl/α,β-unsaturated/α-hetero) is 1. The largest absolute Gasteiger partial charge is 0.338 e. The number of carbonyl (C=O) groups is 1. The number of nitriles is 1. The molecule has 0 radical (unpaired) electrons. The summed E-state index contributed by atoms with van der Waals surface area (Å²) in [6.45, 7) is 1.89. The fourth-order valence-corrected chi connectivity index (χ4v) is 3.41. The van der Waals surface area contributed by atoms with Crippen molar-refractivity contribution in [2.45, 2.75) is 32.2 Å². The average molecular weight is 347 g/mol. The highest BCUT2D eigenvalue weighted by atomic mass is 16.1. The molecule has 1 aromatic carbocycles. The van der Waals surface area contributed by atoms with Crippen molar-refractivity contribution in [2.75, 3.05) is 5.32 Å². The van der Waals surface area contributed by atoms with Crippen LogP contribution in [0.2, 0.25) is 0 Å². The van der Waals surface area contributed by atoms with Crippen LogP contribution in [-0.2, 0) is 6.42 Å². The van der Waals surface area contributed by atoms with Crippen molar-refractivity contribution in [2.24, 2.45) is 0 Å². The fourth-order valence-electron chi connectivity index (χ4n) is 3.41. The number of rotatable bonds is 4. The lowest BCUT2D eigenvalue weighted by molar-refractivity contribution is 0.0994. The Bertz CT molecular complexity index is 1120. The van der Waals surface area contributed by atoms with Crippen LogP contribution in [0.3, 0.4) is 0 Å². The number of nitrogens with zero attached hydrogens (tertiary/aromatic N) is 3. The molecule has 130 valence electrons. The van der Waals surface area contributed by atoms with Gasteiger partial charge in [-0.05, 0) is 43.2 Å². The minimum Gasteiger partial charge on any atom is -0.338 e. The first-order valence-electron chi connectivity index (χ1n) is 8.48. The first kappa shape index (κ1) is 16.1. The molecule has 2 heterocycles. The first-order chi connectivity index (χ1) is 12.6. The van der Waals surface area contributed by atoms with Crippen LogP contribution in [0.4, 0.5) is 11.5 Å². The standard InChI is InChI=1S/C19H17N5O2/c1-11(6-8-20)24-15-7-9-21-19(26)17(15)18(23-24)22-13-3-4-14-12(10-13)2-5-16(14)25/h3-4,7,9-11H,2,5-6H2,1H3,(H,21,26)(H,22,23). The predicted octanol–water partition coefficient (Wildman–Crippen LogP) is 3.07. The van der Waals surface area contributed by atoms with Gasteiger partial charge in [-0.2, -0.15) is 10.4 Å². The molecular weight excluding hydrogens is 330 g/mol. The predicted molar refractivity (Wildman–Crippen MR) is 97.7 cm³/mol. The highest BCUT2D eigenvalue weighted by Gasteiger charge is 2.21. The summed E-state index contributed by atoms with van der Waals surface area (Å²) in [4.78, 5) is 26.8. The number of carbonyl (C=O) groups excluding carboxylic acids is 1. The molecule has 7 heteroatoms. The molecule has 1 unspecified atom stereocenters. The number of anilines is 2. The Hall–Kier alpha value is -3.40. The summed E-state index contributed by atoms with van der Waals surface area (Å²) in [5.41, 5.74) is 3.00. The molecule has 1 aliphatic carbocycles. The van der Waals surface area contributed by atoms with Crippen LogP contribution in [0.15, 0.2) is 35.3 Å². The molecule has 0 spiro atoms. The molecule has 0 aliphatic heterocycles. The Morgan fingerprint density at radius 3 is 3.00 bits per heavy atom. The lowest BCUT2D eigenvalue weighted by Crippen LogP contribution is -2.08. The molecule has 7 nitrogen and oxygen atoms in total. The summed E-state index contributed by atoms with van der Waals surface area (Å²) in [6.07, 6.45) is 3.15. The molecule has 0 saturated carbocycles. The van der Waals surface area contributed by atoms with Gasteiger partial charge in [-0.1, -0.05) is 0 Å². The van der Waals surface area contributed by atoms with E-state index in [-0.39, 0.29) is 17.4 Å².